The van der Waals surface area contributed by atoms with Gasteiger partial charge in [-0.15, -0.1) is 11.3 Å². The maximum Gasteiger partial charge on any atom is 0.145 e. The minimum atomic E-state index is 0.957. The molecule has 7 aromatic rings. The molecule has 0 spiro atoms. The van der Waals surface area contributed by atoms with E-state index in [1.54, 1.807) is 0 Å². The van der Waals surface area contributed by atoms with Crippen molar-refractivity contribution in [2.75, 3.05) is 0 Å². The smallest absolute Gasteiger partial charge is 0.145 e. The van der Waals surface area contributed by atoms with E-state index < -0.39 is 0 Å². The molecule has 2 nitrogen and oxygen atoms in total. The topological polar surface area (TPSA) is 17.8 Å². The second kappa shape index (κ2) is 7.68. The maximum atomic E-state index is 5.01. The van der Waals surface area contributed by atoms with Crippen molar-refractivity contribution in [2.24, 2.45) is 0 Å². The lowest BCUT2D eigenvalue weighted by atomic mass is 10.0. The van der Waals surface area contributed by atoms with E-state index in [4.69, 9.17) is 4.98 Å². The van der Waals surface area contributed by atoms with Crippen LogP contribution in [0.4, 0.5) is 0 Å². The lowest BCUT2D eigenvalue weighted by molar-refractivity contribution is 1.10. The minimum Gasteiger partial charge on any atom is -0.292 e. The summed E-state index contributed by atoms with van der Waals surface area (Å²) in [7, 11) is 0. The van der Waals surface area contributed by atoms with E-state index in [0.717, 1.165) is 28.1 Å². The molecule has 34 heavy (non-hydrogen) atoms. The Morgan fingerprint density at radius 2 is 1.26 bits per heavy atom. The number of hydrogen-bond donors (Lipinski definition) is 0. The molecule has 0 amide bonds. The van der Waals surface area contributed by atoms with Gasteiger partial charge in [0.1, 0.15) is 5.82 Å². The summed E-state index contributed by atoms with van der Waals surface area (Å²) in [5.41, 5.74) is 6.84. The number of benzene rings is 5. The molecule has 0 aliphatic heterocycles. The molecular weight excluding hydrogens is 432 g/mol. The molecule has 0 saturated heterocycles. The van der Waals surface area contributed by atoms with E-state index in [0.29, 0.717) is 0 Å². The minimum absolute atomic E-state index is 0.957. The van der Waals surface area contributed by atoms with E-state index >= 15 is 0 Å². The van der Waals surface area contributed by atoms with Crippen molar-refractivity contribution in [3.05, 3.63) is 121 Å². The SMILES string of the molecule is c1ccc(-n2c(-c3ccc(-c4cccc5c4sc4ccccc45)cc3)nc3ccccc32)cc1. The molecule has 0 atom stereocenters. The molecule has 0 unspecified atom stereocenters. The lowest BCUT2D eigenvalue weighted by Gasteiger charge is -2.10. The van der Waals surface area contributed by atoms with Crippen molar-refractivity contribution < 1.29 is 0 Å². The zero-order chi connectivity index (χ0) is 22.5. The summed E-state index contributed by atoms with van der Waals surface area (Å²) in [5.74, 6) is 0.957. The molecule has 7 rings (SSSR count). The molecule has 160 valence electrons. The van der Waals surface area contributed by atoms with Gasteiger partial charge < -0.3 is 0 Å². The Morgan fingerprint density at radius 3 is 2.15 bits per heavy atom. The summed E-state index contributed by atoms with van der Waals surface area (Å²) in [6, 6.07) is 42.9. The van der Waals surface area contributed by atoms with Gasteiger partial charge in [-0.05, 0) is 41.5 Å². The van der Waals surface area contributed by atoms with Crippen molar-refractivity contribution in [3.63, 3.8) is 0 Å². The average Bonchev–Trinajstić information content (AvgIpc) is 3.48. The van der Waals surface area contributed by atoms with E-state index in [1.807, 2.05) is 23.5 Å². The number of aromatic nitrogens is 2. The third kappa shape index (κ3) is 2.98. The highest BCUT2D eigenvalue weighted by molar-refractivity contribution is 7.26. The maximum absolute atomic E-state index is 5.01. The second-order valence-electron chi connectivity index (χ2n) is 8.45. The Hall–Kier alpha value is -4.21. The first-order chi connectivity index (χ1) is 16.9. The molecule has 0 N–H and O–H groups in total. The molecule has 0 fully saturated rings. The summed E-state index contributed by atoms with van der Waals surface area (Å²) < 4.78 is 4.92. The lowest BCUT2D eigenvalue weighted by Crippen LogP contribution is -1.97. The van der Waals surface area contributed by atoms with Crippen LogP contribution in [0.5, 0.6) is 0 Å². The van der Waals surface area contributed by atoms with Crippen LogP contribution in [0.2, 0.25) is 0 Å². The molecular formula is C31H20N2S. The number of imidazole rings is 1. The van der Waals surface area contributed by atoms with E-state index in [9.17, 15) is 0 Å². The number of fused-ring (bicyclic) bond motifs is 4. The first-order valence-electron chi connectivity index (χ1n) is 11.4. The number of hydrogen-bond acceptors (Lipinski definition) is 2. The molecule has 5 aromatic carbocycles. The normalized spacial score (nSPS) is 11.5. The van der Waals surface area contributed by atoms with Gasteiger partial charge in [-0.25, -0.2) is 4.98 Å². The van der Waals surface area contributed by atoms with Crippen LogP contribution in [0.3, 0.4) is 0 Å². The number of para-hydroxylation sites is 3. The van der Waals surface area contributed by atoms with E-state index in [1.165, 1.54) is 31.3 Å². The molecule has 0 bridgehead atoms. The predicted octanol–water partition coefficient (Wildman–Crippen LogP) is 8.73. The summed E-state index contributed by atoms with van der Waals surface area (Å²) >= 11 is 1.87. The number of thiophene rings is 1. The Labute approximate surface area is 201 Å². The highest BCUT2D eigenvalue weighted by Gasteiger charge is 2.15. The molecule has 2 heterocycles. The van der Waals surface area contributed by atoms with Gasteiger partial charge in [0.05, 0.1) is 11.0 Å². The molecule has 0 radical (unpaired) electrons. The van der Waals surface area contributed by atoms with Crippen molar-refractivity contribution in [1.29, 1.82) is 0 Å². The summed E-state index contributed by atoms with van der Waals surface area (Å²) in [4.78, 5) is 5.01. The third-order valence-corrected chi connectivity index (χ3v) is 7.65. The highest BCUT2D eigenvalue weighted by Crippen LogP contribution is 2.40. The Kier molecular flexibility index (Phi) is 4.36. The zero-order valence-electron chi connectivity index (χ0n) is 18.3. The van der Waals surface area contributed by atoms with Crippen LogP contribution < -0.4 is 0 Å². The van der Waals surface area contributed by atoms with Gasteiger partial charge in [-0.1, -0.05) is 91.0 Å². The van der Waals surface area contributed by atoms with Gasteiger partial charge in [-0.2, -0.15) is 0 Å². The largest absolute Gasteiger partial charge is 0.292 e. The quantitative estimate of drug-likeness (QED) is 0.262. The van der Waals surface area contributed by atoms with Crippen molar-refractivity contribution in [1.82, 2.24) is 9.55 Å². The average molecular weight is 453 g/mol. The van der Waals surface area contributed by atoms with Gasteiger partial charge in [-0.3, -0.25) is 4.57 Å². The Bertz CT molecular complexity index is 1790. The Morgan fingerprint density at radius 1 is 0.559 bits per heavy atom. The molecule has 0 aliphatic carbocycles. The van der Waals surface area contributed by atoms with Gasteiger partial charge >= 0.3 is 0 Å². The first-order valence-corrected chi connectivity index (χ1v) is 12.2. The summed E-state index contributed by atoms with van der Waals surface area (Å²) in [6.07, 6.45) is 0. The van der Waals surface area contributed by atoms with Gasteiger partial charge in [0.15, 0.2) is 0 Å². The number of nitrogens with zero attached hydrogens (tertiary/aromatic N) is 2. The van der Waals surface area contributed by atoms with Gasteiger partial charge in [0.25, 0.3) is 0 Å². The standard InChI is InChI=1S/C31H20N2S/c1-2-9-23(10-3-1)33-28-15-6-5-14-27(28)32-31(33)22-19-17-21(18-20-22)24-12-8-13-26-25-11-4-7-16-29(25)34-30(24)26/h1-20H. The number of rotatable bonds is 3. The molecule has 3 heteroatoms. The van der Waals surface area contributed by atoms with E-state index in [2.05, 4.69) is 114 Å². The summed E-state index contributed by atoms with van der Waals surface area (Å²) in [5, 5.41) is 2.66. The zero-order valence-corrected chi connectivity index (χ0v) is 19.2. The van der Waals surface area contributed by atoms with Crippen LogP contribution in [0, 0.1) is 0 Å². The van der Waals surface area contributed by atoms with E-state index in [-0.39, 0.29) is 0 Å². The van der Waals surface area contributed by atoms with Crippen LogP contribution in [-0.4, -0.2) is 9.55 Å². The first kappa shape index (κ1) is 19.3. The predicted molar refractivity (Wildman–Crippen MR) is 145 cm³/mol. The molecule has 2 aromatic heterocycles. The monoisotopic (exact) mass is 452 g/mol. The van der Waals surface area contributed by atoms with Crippen LogP contribution in [0.1, 0.15) is 0 Å². The fraction of sp³-hybridized carbons (Fsp3) is 0. The summed E-state index contributed by atoms with van der Waals surface area (Å²) in [6.45, 7) is 0. The van der Waals surface area contributed by atoms with Crippen molar-refractivity contribution in [2.45, 2.75) is 0 Å². The van der Waals surface area contributed by atoms with Crippen LogP contribution >= 0.6 is 11.3 Å². The third-order valence-electron chi connectivity index (χ3n) is 6.43. The van der Waals surface area contributed by atoms with Crippen molar-refractivity contribution >= 4 is 42.5 Å². The fourth-order valence-corrected chi connectivity index (χ4v) is 6.07. The van der Waals surface area contributed by atoms with Crippen LogP contribution in [0.25, 0.3) is 59.4 Å². The van der Waals surface area contributed by atoms with Crippen molar-refractivity contribution in [3.8, 4) is 28.2 Å². The van der Waals surface area contributed by atoms with Crippen LogP contribution in [-0.2, 0) is 0 Å². The van der Waals surface area contributed by atoms with Crippen LogP contribution in [0.15, 0.2) is 121 Å². The fourth-order valence-electron chi connectivity index (χ4n) is 4.83. The highest BCUT2D eigenvalue weighted by atomic mass is 32.1. The van der Waals surface area contributed by atoms with Gasteiger partial charge in [0.2, 0.25) is 0 Å². The molecule has 0 aliphatic rings. The molecule has 0 saturated carbocycles. The second-order valence-corrected chi connectivity index (χ2v) is 9.51. The van der Waals surface area contributed by atoms with Gasteiger partial charge in [0, 0.05) is 31.4 Å². The Balaban J connectivity index is 1.38.